The monoisotopic (exact) mass is 264 g/mol. The minimum absolute atomic E-state index is 0.335. The fourth-order valence-corrected chi connectivity index (χ4v) is 2.35. The lowest BCUT2D eigenvalue weighted by molar-refractivity contribution is 0.108. The van der Waals surface area contributed by atoms with Crippen LogP contribution >= 0.6 is 23.2 Å². The van der Waals surface area contributed by atoms with E-state index in [9.17, 15) is 4.79 Å². The van der Waals surface area contributed by atoms with Gasteiger partial charge in [-0.25, -0.2) is 4.98 Å². The molecule has 0 radical (unpaired) electrons. The number of halogens is 2. The Labute approximate surface area is 106 Å². The maximum atomic E-state index is 11.3. The van der Waals surface area contributed by atoms with E-state index in [1.165, 1.54) is 6.20 Å². The second kappa shape index (κ2) is 3.72. The summed E-state index contributed by atoms with van der Waals surface area (Å²) < 4.78 is 0. The molecule has 0 unspecified atom stereocenters. The number of pyridine rings is 1. The van der Waals surface area contributed by atoms with Crippen molar-refractivity contribution in [1.29, 1.82) is 0 Å². The van der Waals surface area contributed by atoms with Crippen LogP contribution in [0.3, 0.4) is 0 Å². The van der Waals surface area contributed by atoms with Crippen LogP contribution in [0.15, 0.2) is 30.5 Å². The molecule has 0 fully saturated rings. The topological polar surface area (TPSA) is 45.8 Å². The van der Waals surface area contributed by atoms with E-state index in [0.29, 0.717) is 16.2 Å². The Kier molecular flexibility index (Phi) is 2.31. The highest BCUT2D eigenvalue weighted by atomic mass is 35.5. The van der Waals surface area contributed by atoms with Crippen LogP contribution in [0.1, 0.15) is 10.4 Å². The van der Waals surface area contributed by atoms with Gasteiger partial charge in [-0.05, 0) is 17.7 Å². The molecule has 3 nitrogen and oxygen atoms in total. The smallest absolute Gasteiger partial charge is 0.256 e. The van der Waals surface area contributed by atoms with Gasteiger partial charge in [-0.1, -0.05) is 29.8 Å². The Hall–Kier alpha value is -1.58. The first-order valence-corrected chi connectivity index (χ1v) is 5.69. The number of H-pyrrole nitrogens is 1. The van der Waals surface area contributed by atoms with Crippen LogP contribution in [0, 0.1) is 0 Å². The van der Waals surface area contributed by atoms with Gasteiger partial charge in [0, 0.05) is 22.5 Å². The average molecular weight is 265 g/mol. The summed E-state index contributed by atoms with van der Waals surface area (Å²) in [6.07, 6.45) is 1.38. The minimum Gasteiger partial charge on any atom is -0.354 e. The van der Waals surface area contributed by atoms with Gasteiger partial charge in [0.25, 0.3) is 5.24 Å². The number of hydrogen-bond donors (Lipinski definition) is 1. The molecule has 2 aromatic heterocycles. The van der Waals surface area contributed by atoms with Crippen LogP contribution in [-0.4, -0.2) is 15.2 Å². The number of aromatic amines is 1. The van der Waals surface area contributed by atoms with Crippen LogP contribution in [0.2, 0.25) is 5.15 Å². The molecule has 0 aliphatic heterocycles. The van der Waals surface area contributed by atoms with Crippen molar-refractivity contribution in [3.63, 3.8) is 0 Å². The number of carbonyl (C=O) groups is 1. The molecule has 0 bridgehead atoms. The molecule has 84 valence electrons. The molecule has 17 heavy (non-hydrogen) atoms. The zero-order valence-corrected chi connectivity index (χ0v) is 10.0. The molecule has 0 atom stereocenters. The van der Waals surface area contributed by atoms with Crippen molar-refractivity contribution in [3.8, 4) is 0 Å². The normalized spacial score (nSPS) is 11.2. The number of hydrogen-bond acceptors (Lipinski definition) is 2. The van der Waals surface area contributed by atoms with Crippen LogP contribution in [0.25, 0.3) is 21.8 Å². The van der Waals surface area contributed by atoms with Crippen LogP contribution in [0.5, 0.6) is 0 Å². The molecule has 0 aliphatic carbocycles. The zero-order chi connectivity index (χ0) is 12.0. The highest BCUT2D eigenvalue weighted by Gasteiger charge is 2.15. The number of para-hydroxylation sites is 1. The van der Waals surface area contributed by atoms with Gasteiger partial charge in [-0.15, -0.1) is 0 Å². The summed E-state index contributed by atoms with van der Waals surface area (Å²) in [7, 11) is 0. The van der Waals surface area contributed by atoms with Crippen molar-refractivity contribution >= 4 is 50.3 Å². The second-order valence-electron chi connectivity index (χ2n) is 3.66. The molecule has 5 heteroatoms. The van der Waals surface area contributed by atoms with Crippen molar-refractivity contribution in [2.24, 2.45) is 0 Å². The summed E-state index contributed by atoms with van der Waals surface area (Å²) in [6.45, 7) is 0. The zero-order valence-electron chi connectivity index (χ0n) is 8.50. The summed E-state index contributed by atoms with van der Waals surface area (Å²) in [5.74, 6) is 0. The van der Waals surface area contributed by atoms with Crippen molar-refractivity contribution in [2.45, 2.75) is 0 Å². The van der Waals surface area contributed by atoms with E-state index in [2.05, 4.69) is 9.97 Å². The highest BCUT2D eigenvalue weighted by Crippen LogP contribution is 2.32. The lowest BCUT2D eigenvalue weighted by Gasteiger charge is -1.98. The van der Waals surface area contributed by atoms with Gasteiger partial charge in [0.05, 0.1) is 11.1 Å². The van der Waals surface area contributed by atoms with Gasteiger partial charge < -0.3 is 4.98 Å². The molecule has 0 saturated carbocycles. The lowest BCUT2D eigenvalue weighted by Crippen LogP contribution is -1.92. The van der Waals surface area contributed by atoms with Crippen molar-refractivity contribution in [1.82, 2.24) is 9.97 Å². The van der Waals surface area contributed by atoms with Gasteiger partial charge >= 0.3 is 0 Å². The standard InChI is InChI=1S/C12H6Cl2N2O/c13-11-9-6-3-1-2-4-8(6)16-10(9)7(5-15-11)12(14)17/h1-5,16H. The van der Waals surface area contributed by atoms with Crippen LogP contribution < -0.4 is 0 Å². The fraction of sp³-hybridized carbons (Fsp3) is 0. The van der Waals surface area contributed by atoms with E-state index in [4.69, 9.17) is 23.2 Å². The van der Waals surface area contributed by atoms with Crippen molar-refractivity contribution in [2.75, 3.05) is 0 Å². The number of rotatable bonds is 1. The lowest BCUT2D eigenvalue weighted by atomic mass is 10.1. The van der Waals surface area contributed by atoms with E-state index in [-0.39, 0.29) is 0 Å². The summed E-state index contributed by atoms with van der Waals surface area (Å²) in [5, 5.41) is 1.47. The number of aromatic nitrogens is 2. The number of carbonyl (C=O) groups excluding carboxylic acids is 1. The molecule has 0 aliphatic rings. The number of nitrogens with one attached hydrogen (secondary N) is 1. The first-order valence-electron chi connectivity index (χ1n) is 4.93. The van der Waals surface area contributed by atoms with Crippen molar-refractivity contribution in [3.05, 3.63) is 41.2 Å². The maximum Gasteiger partial charge on any atom is 0.256 e. The summed E-state index contributed by atoms with van der Waals surface area (Å²) in [5.41, 5.74) is 1.87. The Morgan fingerprint density at radius 1 is 1.29 bits per heavy atom. The third-order valence-electron chi connectivity index (χ3n) is 2.70. The first-order chi connectivity index (χ1) is 8.18. The predicted octanol–water partition coefficient (Wildman–Crippen LogP) is 3.75. The van der Waals surface area contributed by atoms with Gasteiger partial charge in [0.2, 0.25) is 0 Å². The van der Waals surface area contributed by atoms with E-state index in [1.807, 2.05) is 24.3 Å². The molecule has 1 aromatic carbocycles. The summed E-state index contributed by atoms with van der Waals surface area (Å²) in [4.78, 5) is 18.4. The molecule has 2 heterocycles. The number of fused-ring (bicyclic) bond motifs is 3. The molecule has 0 amide bonds. The number of benzene rings is 1. The fourth-order valence-electron chi connectivity index (χ4n) is 1.96. The summed E-state index contributed by atoms with van der Waals surface area (Å²) >= 11 is 11.6. The van der Waals surface area contributed by atoms with Gasteiger partial charge in [-0.3, -0.25) is 4.79 Å². The Bertz CT molecular complexity index is 749. The molecular formula is C12H6Cl2N2O. The molecule has 0 spiro atoms. The molecular weight excluding hydrogens is 259 g/mol. The van der Waals surface area contributed by atoms with Crippen LogP contribution in [-0.2, 0) is 0 Å². The SMILES string of the molecule is O=C(Cl)c1cnc(Cl)c2c1[nH]c1ccccc12. The van der Waals surface area contributed by atoms with Crippen molar-refractivity contribution < 1.29 is 4.79 Å². The molecule has 1 N–H and O–H groups in total. The average Bonchev–Trinajstić information content (AvgIpc) is 2.68. The summed E-state index contributed by atoms with van der Waals surface area (Å²) in [6, 6.07) is 7.64. The Balaban J connectivity index is 2.58. The van der Waals surface area contributed by atoms with E-state index >= 15 is 0 Å². The van der Waals surface area contributed by atoms with E-state index in [1.54, 1.807) is 0 Å². The van der Waals surface area contributed by atoms with Gasteiger partial charge in [0.15, 0.2) is 0 Å². The quantitative estimate of drug-likeness (QED) is 0.538. The van der Waals surface area contributed by atoms with Gasteiger partial charge in [0.1, 0.15) is 5.15 Å². The Morgan fingerprint density at radius 2 is 2.06 bits per heavy atom. The predicted molar refractivity (Wildman–Crippen MR) is 68.8 cm³/mol. The van der Waals surface area contributed by atoms with E-state index in [0.717, 1.165) is 16.3 Å². The third-order valence-corrected chi connectivity index (χ3v) is 3.19. The second-order valence-corrected chi connectivity index (χ2v) is 4.36. The van der Waals surface area contributed by atoms with Gasteiger partial charge in [-0.2, -0.15) is 0 Å². The maximum absolute atomic E-state index is 11.3. The number of nitrogens with zero attached hydrogens (tertiary/aromatic N) is 1. The first kappa shape index (κ1) is 10.6. The Morgan fingerprint density at radius 3 is 2.82 bits per heavy atom. The highest BCUT2D eigenvalue weighted by molar-refractivity contribution is 6.68. The van der Waals surface area contributed by atoms with E-state index < -0.39 is 5.24 Å². The largest absolute Gasteiger partial charge is 0.354 e. The molecule has 3 rings (SSSR count). The minimum atomic E-state index is -0.550. The third kappa shape index (κ3) is 1.51. The molecule has 3 aromatic rings. The van der Waals surface area contributed by atoms with Crippen LogP contribution in [0.4, 0.5) is 0 Å². The molecule has 0 saturated heterocycles.